The van der Waals surface area contributed by atoms with Gasteiger partial charge in [-0.1, -0.05) is 32.4 Å². The highest BCUT2D eigenvalue weighted by Gasteiger charge is 2.08. The van der Waals surface area contributed by atoms with Gasteiger partial charge in [-0.05, 0) is 31.6 Å². The molecule has 1 nitrogen and oxygen atoms in total. The fourth-order valence-electron chi connectivity index (χ4n) is 1.23. The molecule has 1 heteroatoms. The van der Waals surface area contributed by atoms with Gasteiger partial charge in [-0.25, -0.2) is 0 Å². The normalized spacial score (nSPS) is 13.5. The summed E-state index contributed by atoms with van der Waals surface area (Å²) in [6.45, 7) is 9.81. The lowest BCUT2D eigenvalue weighted by Gasteiger charge is -2.17. The molecule has 0 unspecified atom stereocenters. The van der Waals surface area contributed by atoms with Crippen LogP contribution in [0, 0.1) is 5.41 Å². The molecule has 0 heterocycles. The zero-order valence-electron chi connectivity index (χ0n) is 9.81. The lowest BCUT2D eigenvalue weighted by Crippen LogP contribution is -2.04. The Hall–Kier alpha value is -0.300. The number of methoxy groups -OCH3 is 1. The topological polar surface area (TPSA) is 9.23 Å². The minimum Gasteiger partial charge on any atom is -0.381 e. The monoisotopic (exact) mass is 184 g/mol. The highest BCUT2D eigenvalue weighted by molar-refractivity contribution is 4.97. The molecule has 0 aromatic carbocycles. The van der Waals surface area contributed by atoms with Crippen LogP contribution in [0.25, 0.3) is 0 Å². The number of hydrogen-bond acceptors (Lipinski definition) is 1. The van der Waals surface area contributed by atoms with E-state index in [0.717, 1.165) is 6.61 Å². The van der Waals surface area contributed by atoms with Gasteiger partial charge in [-0.2, -0.15) is 0 Å². The van der Waals surface area contributed by atoms with Crippen LogP contribution in [-0.2, 0) is 4.74 Å². The summed E-state index contributed by atoms with van der Waals surface area (Å²) in [5, 5.41) is 0. The van der Waals surface area contributed by atoms with Gasteiger partial charge in [0.1, 0.15) is 0 Å². The molecule has 0 aliphatic rings. The van der Waals surface area contributed by atoms with Gasteiger partial charge in [0.05, 0.1) is 6.61 Å². The van der Waals surface area contributed by atoms with Crippen molar-refractivity contribution in [1.29, 1.82) is 0 Å². The van der Waals surface area contributed by atoms with E-state index in [1.807, 2.05) is 0 Å². The van der Waals surface area contributed by atoms with E-state index in [4.69, 9.17) is 4.74 Å². The van der Waals surface area contributed by atoms with Gasteiger partial charge in [0.25, 0.3) is 0 Å². The Morgan fingerprint density at radius 2 is 1.92 bits per heavy atom. The highest BCUT2D eigenvalue weighted by Crippen LogP contribution is 2.22. The van der Waals surface area contributed by atoms with Crippen molar-refractivity contribution in [2.45, 2.75) is 47.0 Å². The largest absolute Gasteiger partial charge is 0.381 e. The third kappa shape index (κ3) is 9.62. The Morgan fingerprint density at radius 3 is 2.38 bits per heavy atom. The molecule has 0 aromatic rings. The van der Waals surface area contributed by atoms with Crippen LogP contribution < -0.4 is 0 Å². The molecular formula is C12H24O. The molecule has 0 aliphatic carbocycles. The van der Waals surface area contributed by atoms with Crippen molar-refractivity contribution >= 4 is 0 Å². The maximum Gasteiger partial charge on any atom is 0.0646 e. The summed E-state index contributed by atoms with van der Waals surface area (Å²) in [5.74, 6) is 0. The van der Waals surface area contributed by atoms with Gasteiger partial charge in [0.15, 0.2) is 0 Å². The quantitative estimate of drug-likeness (QED) is 0.591. The third-order valence-corrected chi connectivity index (χ3v) is 2.10. The molecule has 0 bridgehead atoms. The van der Waals surface area contributed by atoms with E-state index in [-0.39, 0.29) is 0 Å². The Labute approximate surface area is 83.2 Å². The van der Waals surface area contributed by atoms with Crippen LogP contribution in [0.2, 0.25) is 0 Å². The van der Waals surface area contributed by atoms with Gasteiger partial charge in [-0.3, -0.25) is 0 Å². The first kappa shape index (κ1) is 12.7. The third-order valence-electron chi connectivity index (χ3n) is 2.10. The smallest absolute Gasteiger partial charge is 0.0646 e. The lowest BCUT2D eigenvalue weighted by molar-refractivity contribution is 0.233. The summed E-state index contributed by atoms with van der Waals surface area (Å²) in [4.78, 5) is 0. The minimum atomic E-state index is 0.474. The molecule has 0 atom stereocenters. The Kier molecular flexibility index (Phi) is 6.06. The molecule has 0 saturated carbocycles. The average molecular weight is 184 g/mol. The molecule has 0 amide bonds. The molecule has 0 rings (SSSR count). The molecule has 0 spiro atoms. The van der Waals surface area contributed by atoms with Crippen LogP contribution in [0.3, 0.4) is 0 Å². The van der Waals surface area contributed by atoms with E-state index in [1.165, 1.54) is 24.8 Å². The van der Waals surface area contributed by atoms with E-state index in [2.05, 4.69) is 33.8 Å². The van der Waals surface area contributed by atoms with Gasteiger partial charge < -0.3 is 4.74 Å². The van der Waals surface area contributed by atoms with Crippen molar-refractivity contribution in [1.82, 2.24) is 0 Å². The van der Waals surface area contributed by atoms with Crippen LogP contribution in [0.5, 0.6) is 0 Å². The molecule has 0 aliphatic heterocycles. The molecular weight excluding hydrogens is 160 g/mol. The van der Waals surface area contributed by atoms with Crippen LogP contribution >= 0.6 is 0 Å². The number of ether oxygens (including phenoxy) is 1. The van der Waals surface area contributed by atoms with Gasteiger partial charge in [-0.15, -0.1) is 0 Å². The summed E-state index contributed by atoms with van der Waals surface area (Å²) in [6.07, 6.45) is 5.96. The molecule has 0 fully saturated rings. The second kappa shape index (κ2) is 6.20. The minimum absolute atomic E-state index is 0.474. The second-order valence-corrected chi connectivity index (χ2v) is 4.92. The number of allylic oxidation sites excluding steroid dienone is 1. The van der Waals surface area contributed by atoms with E-state index in [9.17, 15) is 0 Å². The highest BCUT2D eigenvalue weighted by atomic mass is 16.5. The van der Waals surface area contributed by atoms with E-state index in [1.54, 1.807) is 7.11 Å². The summed E-state index contributed by atoms with van der Waals surface area (Å²) >= 11 is 0. The van der Waals surface area contributed by atoms with Crippen molar-refractivity contribution in [2.75, 3.05) is 13.7 Å². The molecule has 0 saturated heterocycles. The molecule has 0 N–H and O–H groups in total. The second-order valence-electron chi connectivity index (χ2n) is 4.92. The molecule has 78 valence electrons. The van der Waals surface area contributed by atoms with Crippen molar-refractivity contribution in [3.63, 3.8) is 0 Å². The van der Waals surface area contributed by atoms with E-state index < -0.39 is 0 Å². The maximum absolute atomic E-state index is 4.98. The zero-order chi connectivity index (χ0) is 10.3. The SMILES string of the molecule is COC/C=C(/C)CCCC(C)(C)C. The first-order chi connectivity index (χ1) is 5.95. The lowest BCUT2D eigenvalue weighted by atomic mass is 9.89. The molecule has 0 aromatic heterocycles. The van der Waals surface area contributed by atoms with Crippen LogP contribution in [-0.4, -0.2) is 13.7 Å². The Morgan fingerprint density at radius 1 is 1.31 bits per heavy atom. The Balaban J connectivity index is 3.53. The van der Waals surface area contributed by atoms with Crippen LogP contribution in [0.1, 0.15) is 47.0 Å². The van der Waals surface area contributed by atoms with Crippen LogP contribution in [0.15, 0.2) is 11.6 Å². The predicted octanol–water partition coefficient (Wildman–Crippen LogP) is 3.80. The number of rotatable bonds is 5. The van der Waals surface area contributed by atoms with Gasteiger partial charge in [0.2, 0.25) is 0 Å². The predicted molar refractivity (Wildman–Crippen MR) is 58.9 cm³/mol. The maximum atomic E-state index is 4.98. The number of hydrogen-bond donors (Lipinski definition) is 0. The first-order valence-corrected chi connectivity index (χ1v) is 5.10. The summed E-state index contributed by atoms with van der Waals surface area (Å²) in [7, 11) is 1.74. The summed E-state index contributed by atoms with van der Waals surface area (Å²) < 4.78 is 4.98. The van der Waals surface area contributed by atoms with Crippen molar-refractivity contribution in [2.24, 2.45) is 5.41 Å². The van der Waals surface area contributed by atoms with Crippen molar-refractivity contribution in [3.05, 3.63) is 11.6 Å². The molecule has 13 heavy (non-hydrogen) atoms. The molecule has 0 radical (unpaired) electrons. The van der Waals surface area contributed by atoms with E-state index >= 15 is 0 Å². The zero-order valence-corrected chi connectivity index (χ0v) is 9.81. The summed E-state index contributed by atoms with van der Waals surface area (Å²) in [6, 6.07) is 0. The van der Waals surface area contributed by atoms with Crippen molar-refractivity contribution < 1.29 is 4.74 Å². The fourth-order valence-corrected chi connectivity index (χ4v) is 1.23. The standard InChI is InChI=1S/C12H24O/c1-11(8-10-13-5)7-6-9-12(2,3)4/h8H,6-7,9-10H2,1-5H3/b11-8-. The first-order valence-electron chi connectivity index (χ1n) is 5.10. The van der Waals surface area contributed by atoms with Gasteiger partial charge >= 0.3 is 0 Å². The van der Waals surface area contributed by atoms with Crippen molar-refractivity contribution in [3.8, 4) is 0 Å². The van der Waals surface area contributed by atoms with Gasteiger partial charge in [0, 0.05) is 7.11 Å². The fraction of sp³-hybridized carbons (Fsp3) is 0.833. The van der Waals surface area contributed by atoms with E-state index in [0.29, 0.717) is 5.41 Å². The average Bonchev–Trinajstić information content (AvgIpc) is 1.98. The Bertz CT molecular complexity index is 151. The summed E-state index contributed by atoms with van der Waals surface area (Å²) in [5.41, 5.74) is 1.92. The van der Waals surface area contributed by atoms with Crippen LogP contribution in [0.4, 0.5) is 0 Å².